The van der Waals surface area contributed by atoms with Crippen LogP contribution in [0.3, 0.4) is 0 Å². The van der Waals surface area contributed by atoms with Crippen LogP contribution in [0.5, 0.6) is 0 Å². The first kappa shape index (κ1) is 14.5. The van der Waals surface area contributed by atoms with Crippen molar-refractivity contribution >= 4 is 11.6 Å². The van der Waals surface area contributed by atoms with E-state index in [2.05, 4.69) is 71.1 Å². The molecule has 0 amide bonds. The fraction of sp³-hybridized carbons (Fsp3) is 0.353. The molecule has 0 spiro atoms. The van der Waals surface area contributed by atoms with Crippen LogP contribution in [-0.4, -0.2) is 26.1 Å². The number of anilines is 1. The number of benzene rings is 1. The highest BCUT2D eigenvalue weighted by Gasteiger charge is 2.14. The lowest BCUT2D eigenvalue weighted by Crippen LogP contribution is -2.25. The second-order valence-corrected chi connectivity index (χ2v) is 5.37. The number of rotatable bonds is 5. The molecule has 0 unspecified atom stereocenters. The van der Waals surface area contributed by atoms with E-state index < -0.39 is 0 Å². The van der Waals surface area contributed by atoms with Gasteiger partial charge in [-0.2, -0.15) is 14.6 Å². The van der Waals surface area contributed by atoms with Crippen LogP contribution in [0.25, 0.3) is 5.78 Å². The highest BCUT2D eigenvalue weighted by atomic mass is 15.4. The maximum absolute atomic E-state index is 4.52. The number of hydrogen-bond acceptors (Lipinski definition) is 4. The largest absolute Gasteiger partial charge is 0.352 e. The third kappa shape index (κ3) is 2.66. The quantitative estimate of drug-likeness (QED) is 0.726. The lowest BCUT2D eigenvalue weighted by Gasteiger charge is -2.24. The van der Waals surface area contributed by atoms with Crippen LogP contribution in [-0.2, 0) is 13.0 Å². The second kappa shape index (κ2) is 6.13. The van der Waals surface area contributed by atoms with Gasteiger partial charge in [-0.1, -0.05) is 31.2 Å². The summed E-state index contributed by atoms with van der Waals surface area (Å²) in [5.41, 5.74) is 3.67. The van der Waals surface area contributed by atoms with Crippen molar-refractivity contribution in [1.29, 1.82) is 0 Å². The van der Waals surface area contributed by atoms with E-state index in [1.807, 2.05) is 4.52 Å². The van der Waals surface area contributed by atoms with Crippen LogP contribution in [0.2, 0.25) is 0 Å². The normalized spacial score (nSPS) is 11.0. The monoisotopic (exact) mass is 295 g/mol. The van der Waals surface area contributed by atoms with Gasteiger partial charge in [-0.3, -0.25) is 0 Å². The molecular formula is C17H21N5. The summed E-state index contributed by atoms with van der Waals surface area (Å²) in [6.07, 6.45) is 2.45. The molecule has 3 rings (SSSR count). The molecule has 0 radical (unpaired) electrons. The Morgan fingerprint density at radius 1 is 1.18 bits per heavy atom. The first-order valence-corrected chi connectivity index (χ1v) is 7.72. The molecule has 0 aliphatic carbocycles. The Morgan fingerprint density at radius 2 is 2.00 bits per heavy atom. The molecule has 5 heteroatoms. The summed E-state index contributed by atoms with van der Waals surface area (Å²) >= 11 is 0. The number of nitrogens with zero attached hydrogens (tertiary/aromatic N) is 5. The Morgan fingerprint density at radius 3 is 2.73 bits per heavy atom. The maximum atomic E-state index is 4.52. The Kier molecular flexibility index (Phi) is 4.04. The van der Waals surface area contributed by atoms with Gasteiger partial charge >= 0.3 is 0 Å². The summed E-state index contributed by atoms with van der Waals surface area (Å²) in [6, 6.07) is 10.6. The molecule has 0 saturated carbocycles. The minimum Gasteiger partial charge on any atom is -0.352 e. The van der Waals surface area contributed by atoms with E-state index in [-0.39, 0.29) is 0 Å². The summed E-state index contributed by atoms with van der Waals surface area (Å²) < 4.78 is 1.82. The van der Waals surface area contributed by atoms with Gasteiger partial charge in [0, 0.05) is 24.8 Å². The lowest BCUT2D eigenvalue weighted by molar-refractivity contribution is 0.768. The van der Waals surface area contributed by atoms with Crippen LogP contribution in [0.1, 0.15) is 30.7 Å². The van der Waals surface area contributed by atoms with Gasteiger partial charge in [-0.05, 0) is 31.4 Å². The predicted molar refractivity (Wildman–Crippen MR) is 88.1 cm³/mol. The zero-order valence-electron chi connectivity index (χ0n) is 13.3. The Bertz CT molecular complexity index is 778. The second-order valence-electron chi connectivity index (χ2n) is 5.37. The molecule has 1 aromatic carbocycles. The van der Waals surface area contributed by atoms with E-state index in [1.54, 1.807) is 6.33 Å². The van der Waals surface area contributed by atoms with Crippen molar-refractivity contribution in [2.45, 2.75) is 33.7 Å². The molecule has 0 bridgehead atoms. The zero-order chi connectivity index (χ0) is 15.5. The predicted octanol–water partition coefficient (Wildman–Crippen LogP) is 3.02. The summed E-state index contributed by atoms with van der Waals surface area (Å²) in [7, 11) is 0. The van der Waals surface area contributed by atoms with Gasteiger partial charge in [0.15, 0.2) is 0 Å². The van der Waals surface area contributed by atoms with Crippen molar-refractivity contribution in [2.24, 2.45) is 0 Å². The van der Waals surface area contributed by atoms with Gasteiger partial charge in [0.05, 0.1) is 0 Å². The van der Waals surface area contributed by atoms with Crippen molar-refractivity contribution < 1.29 is 0 Å². The van der Waals surface area contributed by atoms with Gasteiger partial charge in [-0.25, -0.2) is 4.98 Å². The van der Waals surface area contributed by atoms with Crippen molar-refractivity contribution in [3.8, 4) is 0 Å². The third-order valence-corrected chi connectivity index (χ3v) is 3.98. The number of aryl methyl sites for hydroxylation is 2. The molecule has 22 heavy (non-hydrogen) atoms. The van der Waals surface area contributed by atoms with Crippen LogP contribution >= 0.6 is 0 Å². The van der Waals surface area contributed by atoms with Gasteiger partial charge in [0.2, 0.25) is 0 Å². The molecule has 0 N–H and O–H groups in total. The van der Waals surface area contributed by atoms with E-state index in [1.165, 1.54) is 11.1 Å². The molecule has 114 valence electrons. The molecule has 0 atom stereocenters. The Labute approximate surface area is 130 Å². The Hall–Kier alpha value is -2.43. The third-order valence-electron chi connectivity index (χ3n) is 3.98. The minimum atomic E-state index is 0.664. The topological polar surface area (TPSA) is 46.3 Å². The fourth-order valence-corrected chi connectivity index (χ4v) is 2.60. The first-order chi connectivity index (χ1) is 10.7. The van der Waals surface area contributed by atoms with E-state index in [9.17, 15) is 0 Å². The lowest BCUT2D eigenvalue weighted by atomic mass is 10.1. The molecular weight excluding hydrogens is 274 g/mol. The van der Waals surface area contributed by atoms with Crippen molar-refractivity contribution in [3.63, 3.8) is 0 Å². The van der Waals surface area contributed by atoms with E-state index in [4.69, 9.17) is 0 Å². The van der Waals surface area contributed by atoms with E-state index in [0.717, 1.165) is 31.0 Å². The SMILES string of the molecule is CCc1cc(N(CC)Cc2ccccc2C)n2ncnc2n1. The first-order valence-electron chi connectivity index (χ1n) is 7.72. The molecule has 0 saturated heterocycles. The van der Waals surface area contributed by atoms with Crippen LogP contribution in [0.15, 0.2) is 36.7 Å². The molecule has 2 heterocycles. The zero-order valence-corrected chi connectivity index (χ0v) is 13.3. The van der Waals surface area contributed by atoms with E-state index in [0.29, 0.717) is 5.78 Å². The number of hydrogen-bond donors (Lipinski definition) is 0. The molecule has 2 aromatic heterocycles. The maximum Gasteiger partial charge on any atom is 0.254 e. The average molecular weight is 295 g/mol. The van der Waals surface area contributed by atoms with Gasteiger partial charge < -0.3 is 4.90 Å². The molecule has 3 aromatic rings. The highest BCUT2D eigenvalue weighted by Crippen LogP contribution is 2.20. The van der Waals surface area contributed by atoms with E-state index >= 15 is 0 Å². The summed E-state index contributed by atoms with van der Waals surface area (Å²) in [6.45, 7) is 8.17. The van der Waals surface area contributed by atoms with Gasteiger partial charge in [0.1, 0.15) is 12.1 Å². The summed E-state index contributed by atoms with van der Waals surface area (Å²) in [5.74, 6) is 1.71. The molecule has 5 nitrogen and oxygen atoms in total. The van der Waals surface area contributed by atoms with Crippen molar-refractivity contribution in [1.82, 2.24) is 19.6 Å². The van der Waals surface area contributed by atoms with Crippen LogP contribution < -0.4 is 4.90 Å². The van der Waals surface area contributed by atoms with Gasteiger partial charge in [-0.15, -0.1) is 0 Å². The van der Waals surface area contributed by atoms with Crippen LogP contribution in [0, 0.1) is 6.92 Å². The average Bonchev–Trinajstić information content (AvgIpc) is 3.01. The highest BCUT2D eigenvalue weighted by molar-refractivity contribution is 5.48. The fourth-order valence-electron chi connectivity index (χ4n) is 2.60. The molecule has 0 fully saturated rings. The smallest absolute Gasteiger partial charge is 0.254 e. The molecule has 0 aliphatic rings. The van der Waals surface area contributed by atoms with Gasteiger partial charge in [0.25, 0.3) is 5.78 Å². The Balaban J connectivity index is 2.03. The number of aromatic nitrogens is 4. The standard InChI is InChI=1S/C17H21N5/c1-4-15-10-16(22-17(20-15)18-12-19-22)21(5-2)11-14-9-7-6-8-13(14)3/h6-10,12H,4-5,11H2,1-3H3. The minimum absolute atomic E-state index is 0.664. The van der Waals surface area contributed by atoms with Crippen molar-refractivity contribution in [2.75, 3.05) is 11.4 Å². The van der Waals surface area contributed by atoms with Crippen LogP contribution in [0.4, 0.5) is 5.82 Å². The summed E-state index contributed by atoms with van der Waals surface area (Å²) in [5, 5.41) is 4.33. The molecule has 0 aliphatic heterocycles. The number of fused-ring (bicyclic) bond motifs is 1. The summed E-state index contributed by atoms with van der Waals surface area (Å²) in [4.78, 5) is 11.1. The van der Waals surface area contributed by atoms with Crippen molar-refractivity contribution in [3.05, 3.63) is 53.5 Å².